The molecule has 1 unspecified atom stereocenters. The first-order valence-electron chi connectivity index (χ1n) is 15.1. The standard InChI is InChI=1S/C41H32N2/c1-27-13-15-30(16-14-27)40-34-7-2-4-9-36(34)41(37-10-5-3-8-35(37)40)32-20-18-28-17-19-31(25-33(28)26-32)39-12-6-11-38(43-39)29-21-23-42-24-22-29/h2-23,26,31,42H,24-25H2,1H3. The zero-order valence-corrected chi connectivity index (χ0v) is 24.2. The topological polar surface area (TPSA) is 24.9 Å². The zero-order valence-electron chi connectivity index (χ0n) is 24.2. The SMILES string of the molecule is Cc1ccc(-c2c3ccccc3c(-c3ccc4c(c3)CC(c3cccc(C5=CCNC=C5)n3)C=C4)c3ccccc23)cc1. The highest BCUT2D eigenvalue weighted by Crippen LogP contribution is 2.44. The molecule has 0 spiro atoms. The number of pyridine rings is 1. The molecule has 1 aliphatic heterocycles. The van der Waals surface area contributed by atoms with Crippen molar-refractivity contribution < 1.29 is 0 Å². The Morgan fingerprint density at radius 1 is 0.674 bits per heavy atom. The van der Waals surface area contributed by atoms with Gasteiger partial charge >= 0.3 is 0 Å². The Hall–Kier alpha value is -5.21. The van der Waals surface area contributed by atoms with Gasteiger partial charge in [0.05, 0.1) is 5.69 Å². The summed E-state index contributed by atoms with van der Waals surface area (Å²) in [5, 5.41) is 8.39. The highest BCUT2D eigenvalue weighted by molar-refractivity contribution is 6.21. The summed E-state index contributed by atoms with van der Waals surface area (Å²) in [5.74, 6) is 0.242. The third-order valence-corrected chi connectivity index (χ3v) is 8.92. The van der Waals surface area contributed by atoms with Gasteiger partial charge in [-0.2, -0.15) is 0 Å². The van der Waals surface area contributed by atoms with E-state index in [1.165, 1.54) is 66.1 Å². The summed E-state index contributed by atoms with van der Waals surface area (Å²) in [6, 6.07) is 40.2. The van der Waals surface area contributed by atoms with Crippen LogP contribution in [0.5, 0.6) is 0 Å². The van der Waals surface area contributed by atoms with Crippen molar-refractivity contribution in [2.45, 2.75) is 19.3 Å². The quantitative estimate of drug-likeness (QED) is 0.220. The molecule has 0 radical (unpaired) electrons. The Morgan fingerprint density at radius 3 is 2.02 bits per heavy atom. The summed E-state index contributed by atoms with van der Waals surface area (Å²) in [4.78, 5) is 5.10. The molecule has 206 valence electrons. The number of allylic oxidation sites excluding steroid dienone is 3. The van der Waals surface area contributed by atoms with Crippen LogP contribution in [0.2, 0.25) is 0 Å². The molecule has 2 heterocycles. The van der Waals surface area contributed by atoms with E-state index in [2.05, 4.69) is 146 Å². The van der Waals surface area contributed by atoms with Crippen molar-refractivity contribution in [2.24, 2.45) is 0 Å². The van der Waals surface area contributed by atoms with Crippen LogP contribution in [-0.2, 0) is 6.42 Å². The lowest BCUT2D eigenvalue weighted by atomic mass is 9.83. The number of nitrogens with zero attached hydrogens (tertiary/aromatic N) is 1. The number of aromatic nitrogens is 1. The Morgan fingerprint density at radius 2 is 1.35 bits per heavy atom. The lowest BCUT2D eigenvalue weighted by Crippen LogP contribution is -2.10. The van der Waals surface area contributed by atoms with Crippen molar-refractivity contribution >= 4 is 33.2 Å². The van der Waals surface area contributed by atoms with Crippen molar-refractivity contribution in [3.8, 4) is 22.3 Å². The number of aryl methyl sites for hydroxylation is 1. The second-order valence-electron chi connectivity index (χ2n) is 11.6. The van der Waals surface area contributed by atoms with Crippen LogP contribution in [0.1, 0.15) is 34.0 Å². The first-order chi connectivity index (χ1) is 21.2. The van der Waals surface area contributed by atoms with E-state index in [1.807, 2.05) is 6.20 Å². The van der Waals surface area contributed by atoms with E-state index in [0.29, 0.717) is 0 Å². The van der Waals surface area contributed by atoms with Gasteiger partial charge in [-0.15, -0.1) is 0 Å². The molecular weight excluding hydrogens is 520 g/mol. The van der Waals surface area contributed by atoms with Gasteiger partial charge in [0.25, 0.3) is 0 Å². The van der Waals surface area contributed by atoms with Crippen LogP contribution < -0.4 is 5.32 Å². The number of dihydropyridines is 1. The Kier molecular flexibility index (Phi) is 6.26. The fraction of sp³-hybridized carbons (Fsp3) is 0.0976. The van der Waals surface area contributed by atoms with Gasteiger partial charge < -0.3 is 5.32 Å². The molecule has 0 saturated heterocycles. The number of benzene rings is 5. The van der Waals surface area contributed by atoms with Gasteiger partial charge in [-0.25, -0.2) is 0 Å². The molecule has 0 amide bonds. The van der Waals surface area contributed by atoms with Crippen LogP contribution in [-0.4, -0.2) is 11.5 Å². The Balaban J connectivity index is 1.24. The summed E-state index contributed by atoms with van der Waals surface area (Å²) in [6.07, 6.45) is 11.8. The van der Waals surface area contributed by atoms with E-state index < -0.39 is 0 Å². The summed E-state index contributed by atoms with van der Waals surface area (Å²) in [6.45, 7) is 2.99. The van der Waals surface area contributed by atoms with Crippen LogP contribution >= 0.6 is 0 Å². The summed E-state index contributed by atoms with van der Waals surface area (Å²) in [7, 11) is 0. The average molecular weight is 553 g/mol. The fourth-order valence-electron chi connectivity index (χ4n) is 6.76. The van der Waals surface area contributed by atoms with Crippen molar-refractivity contribution in [3.63, 3.8) is 0 Å². The maximum atomic E-state index is 5.10. The molecule has 2 nitrogen and oxygen atoms in total. The number of nitrogens with one attached hydrogen (secondary N) is 1. The Bertz CT molecular complexity index is 2050. The molecule has 1 N–H and O–H groups in total. The predicted octanol–water partition coefficient (Wildman–Crippen LogP) is 9.88. The summed E-state index contributed by atoms with van der Waals surface area (Å²) < 4.78 is 0. The minimum absolute atomic E-state index is 0.242. The van der Waals surface area contributed by atoms with Gasteiger partial charge in [0.15, 0.2) is 0 Å². The maximum Gasteiger partial charge on any atom is 0.0703 e. The number of hydrogen-bond acceptors (Lipinski definition) is 2. The van der Waals surface area contributed by atoms with E-state index in [9.17, 15) is 0 Å². The van der Waals surface area contributed by atoms with Crippen molar-refractivity contribution in [1.82, 2.24) is 10.3 Å². The molecule has 2 aliphatic rings. The second-order valence-corrected chi connectivity index (χ2v) is 11.6. The highest BCUT2D eigenvalue weighted by Gasteiger charge is 2.21. The normalized spacial score (nSPS) is 15.7. The molecule has 2 heteroatoms. The molecule has 6 aromatic rings. The maximum absolute atomic E-state index is 5.10. The third kappa shape index (κ3) is 4.56. The van der Waals surface area contributed by atoms with Gasteiger partial charge in [0, 0.05) is 18.2 Å². The predicted molar refractivity (Wildman–Crippen MR) is 182 cm³/mol. The van der Waals surface area contributed by atoms with Gasteiger partial charge in [0.2, 0.25) is 0 Å². The lowest BCUT2D eigenvalue weighted by molar-refractivity contribution is 0.792. The van der Waals surface area contributed by atoms with Gasteiger partial charge in [-0.1, -0.05) is 121 Å². The van der Waals surface area contributed by atoms with Crippen molar-refractivity contribution in [2.75, 3.05) is 6.54 Å². The minimum atomic E-state index is 0.242. The van der Waals surface area contributed by atoms with Crippen LogP contribution in [0.3, 0.4) is 0 Å². The zero-order chi connectivity index (χ0) is 28.8. The van der Waals surface area contributed by atoms with Crippen LogP contribution in [0.25, 0.3) is 55.4 Å². The molecular formula is C41H32N2. The molecule has 0 fully saturated rings. The van der Waals surface area contributed by atoms with E-state index in [0.717, 1.165) is 24.4 Å². The third-order valence-electron chi connectivity index (χ3n) is 8.92. The molecule has 1 atom stereocenters. The highest BCUT2D eigenvalue weighted by atomic mass is 14.8. The molecule has 1 aliphatic carbocycles. The van der Waals surface area contributed by atoms with Crippen molar-refractivity contribution in [3.05, 3.63) is 162 Å². The van der Waals surface area contributed by atoms with Gasteiger partial charge in [-0.05, 0) is 98.3 Å². The van der Waals surface area contributed by atoms with Crippen LogP contribution in [0, 0.1) is 6.92 Å². The molecule has 0 bridgehead atoms. The Labute approximate surface area is 252 Å². The first kappa shape index (κ1) is 25.5. The summed E-state index contributed by atoms with van der Waals surface area (Å²) in [5.41, 5.74) is 12.4. The van der Waals surface area contributed by atoms with Gasteiger partial charge in [0.1, 0.15) is 0 Å². The molecule has 43 heavy (non-hydrogen) atoms. The summed E-state index contributed by atoms with van der Waals surface area (Å²) >= 11 is 0. The van der Waals surface area contributed by atoms with E-state index in [-0.39, 0.29) is 5.92 Å². The molecule has 5 aromatic carbocycles. The van der Waals surface area contributed by atoms with E-state index in [1.54, 1.807) is 0 Å². The van der Waals surface area contributed by atoms with Crippen LogP contribution in [0.15, 0.2) is 134 Å². The average Bonchev–Trinajstić information content (AvgIpc) is 3.07. The molecule has 8 rings (SSSR count). The number of hydrogen-bond donors (Lipinski definition) is 1. The largest absolute Gasteiger partial charge is 0.387 e. The molecule has 0 saturated carbocycles. The number of fused-ring (bicyclic) bond motifs is 3. The molecule has 1 aromatic heterocycles. The van der Waals surface area contributed by atoms with Crippen LogP contribution in [0.4, 0.5) is 0 Å². The van der Waals surface area contributed by atoms with Gasteiger partial charge in [-0.3, -0.25) is 4.98 Å². The van der Waals surface area contributed by atoms with E-state index >= 15 is 0 Å². The monoisotopic (exact) mass is 552 g/mol. The second kappa shape index (κ2) is 10.6. The van der Waals surface area contributed by atoms with E-state index in [4.69, 9.17) is 4.98 Å². The fourth-order valence-corrected chi connectivity index (χ4v) is 6.76. The number of rotatable bonds is 4. The minimum Gasteiger partial charge on any atom is -0.387 e. The lowest BCUT2D eigenvalue weighted by Gasteiger charge is -2.22. The van der Waals surface area contributed by atoms with Crippen molar-refractivity contribution in [1.29, 1.82) is 0 Å². The first-order valence-corrected chi connectivity index (χ1v) is 15.1. The smallest absolute Gasteiger partial charge is 0.0703 e.